The second kappa shape index (κ2) is 6.47. The van der Waals surface area contributed by atoms with Gasteiger partial charge in [-0.1, -0.05) is 12.1 Å². The molecule has 0 saturated heterocycles. The summed E-state index contributed by atoms with van der Waals surface area (Å²) in [5.74, 6) is -0.237. The summed E-state index contributed by atoms with van der Waals surface area (Å²) in [6, 6.07) is 8.47. The lowest BCUT2D eigenvalue weighted by atomic mass is 10.1. The number of rotatable bonds is 3. The van der Waals surface area contributed by atoms with Gasteiger partial charge < -0.3 is 10.5 Å². The Morgan fingerprint density at radius 3 is 2.40 bits per heavy atom. The molecule has 20 heavy (non-hydrogen) atoms. The summed E-state index contributed by atoms with van der Waals surface area (Å²) in [5, 5.41) is 0. The van der Waals surface area contributed by atoms with Crippen LogP contribution in [0.25, 0.3) is 10.4 Å². The van der Waals surface area contributed by atoms with Crippen molar-refractivity contribution in [3.63, 3.8) is 0 Å². The number of ether oxygens (including phenoxy) is 1. The smallest absolute Gasteiger partial charge is 0.405 e. The fourth-order valence-corrected chi connectivity index (χ4v) is 2.55. The van der Waals surface area contributed by atoms with Gasteiger partial charge in [-0.05, 0) is 30.7 Å². The third-order valence-electron chi connectivity index (χ3n) is 2.54. The Labute approximate surface area is 124 Å². The van der Waals surface area contributed by atoms with Crippen molar-refractivity contribution < 1.29 is 17.9 Å². The normalized spacial score (nSPS) is 11.1. The van der Waals surface area contributed by atoms with Crippen molar-refractivity contribution in [2.24, 2.45) is 5.73 Å². The van der Waals surface area contributed by atoms with Crippen molar-refractivity contribution in [3.8, 4) is 16.2 Å². The van der Waals surface area contributed by atoms with Gasteiger partial charge in [0.25, 0.3) is 0 Å². The minimum Gasteiger partial charge on any atom is -0.405 e. The molecule has 2 N–H and O–H groups in total. The molecule has 1 heterocycles. The monoisotopic (exact) mass is 323 g/mol. The molecule has 0 bridgehead atoms. The number of thiophene rings is 1. The first-order chi connectivity index (χ1) is 8.89. The summed E-state index contributed by atoms with van der Waals surface area (Å²) in [6.45, 7) is 1.94. The van der Waals surface area contributed by atoms with Crippen LogP contribution < -0.4 is 10.5 Å². The summed E-state index contributed by atoms with van der Waals surface area (Å²) < 4.78 is 41.0. The van der Waals surface area contributed by atoms with E-state index in [0.29, 0.717) is 11.1 Å². The number of hydrogen-bond acceptors (Lipinski definition) is 3. The quantitative estimate of drug-likeness (QED) is 0.902. The van der Waals surface area contributed by atoms with E-state index in [4.69, 9.17) is 5.73 Å². The van der Waals surface area contributed by atoms with Crippen LogP contribution in [0, 0.1) is 6.92 Å². The van der Waals surface area contributed by atoms with Crippen molar-refractivity contribution >= 4 is 23.7 Å². The molecule has 2 nitrogen and oxygen atoms in total. The lowest BCUT2D eigenvalue weighted by Crippen LogP contribution is -2.18. The Morgan fingerprint density at radius 2 is 1.90 bits per heavy atom. The first kappa shape index (κ1) is 16.8. The van der Waals surface area contributed by atoms with Gasteiger partial charge in [0.2, 0.25) is 0 Å². The van der Waals surface area contributed by atoms with Gasteiger partial charge in [0, 0.05) is 21.9 Å². The zero-order valence-corrected chi connectivity index (χ0v) is 12.2. The number of alkyl halides is 3. The maximum absolute atomic E-state index is 12.3. The first-order valence-corrected chi connectivity index (χ1v) is 6.36. The van der Waals surface area contributed by atoms with Crippen LogP contribution in [0.4, 0.5) is 13.2 Å². The zero-order chi connectivity index (χ0) is 14.0. The molecule has 0 fully saturated rings. The third kappa shape index (κ3) is 4.13. The average Bonchev–Trinajstić information content (AvgIpc) is 2.74. The van der Waals surface area contributed by atoms with Crippen molar-refractivity contribution in [1.82, 2.24) is 0 Å². The molecule has 0 aliphatic heterocycles. The van der Waals surface area contributed by atoms with E-state index in [9.17, 15) is 13.2 Å². The highest BCUT2D eigenvalue weighted by Gasteiger charge is 2.32. The van der Waals surface area contributed by atoms with Crippen LogP contribution in [0.15, 0.2) is 30.3 Å². The van der Waals surface area contributed by atoms with Crippen LogP contribution in [-0.2, 0) is 6.54 Å². The second-order valence-corrected chi connectivity index (χ2v) is 5.27. The molecule has 1 aromatic carbocycles. The molecule has 0 aliphatic rings. The van der Waals surface area contributed by atoms with Crippen LogP contribution in [0.5, 0.6) is 5.75 Å². The van der Waals surface area contributed by atoms with Gasteiger partial charge in [-0.2, -0.15) is 0 Å². The molecule has 0 aliphatic carbocycles. The Kier molecular flexibility index (Phi) is 5.44. The second-order valence-electron chi connectivity index (χ2n) is 3.98. The van der Waals surface area contributed by atoms with E-state index >= 15 is 0 Å². The van der Waals surface area contributed by atoms with Crippen LogP contribution in [-0.4, -0.2) is 6.36 Å². The van der Waals surface area contributed by atoms with Gasteiger partial charge in [0.1, 0.15) is 5.75 Å². The minimum absolute atomic E-state index is 0. The maximum atomic E-state index is 12.3. The zero-order valence-electron chi connectivity index (χ0n) is 10.5. The van der Waals surface area contributed by atoms with Crippen LogP contribution in [0.2, 0.25) is 0 Å². The van der Waals surface area contributed by atoms with Crippen molar-refractivity contribution in [1.29, 1.82) is 0 Å². The van der Waals surface area contributed by atoms with Crippen LogP contribution in [0.3, 0.4) is 0 Å². The first-order valence-electron chi connectivity index (χ1n) is 5.54. The fourth-order valence-electron chi connectivity index (χ4n) is 1.69. The van der Waals surface area contributed by atoms with Gasteiger partial charge >= 0.3 is 6.36 Å². The van der Waals surface area contributed by atoms with Crippen molar-refractivity contribution in [3.05, 3.63) is 40.8 Å². The Hall–Kier alpha value is -1.24. The molecule has 110 valence electrons. The van der Waals surface area contributed by atoms with Crippen LogP contribution in [0.1, 0.15) is 10.4 Å². The number of hydrogen-bond donors (Lipinski definition) is 1. The molecule has 0 saturated carbocycles. The van der Waals surface area contributed by atoms with E-state index < -0.39 is 6.36 Å². The fraction of sp³-hybridized carbons (Fsp3) is 0.231. The lowest BCUT2D eigenvalue weighted by molar-refractivity contribution is -0.274. The number of benzene rings is 1. The Balaban J connectivity index is 0.00000200. The number of halogens is 4. The standard InChI is InChI=1S/C13H12F3NOS.ClH/c1-8-2-5-12(19-8)9-3-4-10(7-17)11(6-9)18-13(14,15)16;/h2-6H,7,17H2,1H3;1H. The maximum Gasteiger partial charge on any atom is 0.573 e. The van der Waals surface area contributed by atoms with Gasteiger partial charge in [-0.15, -0.1) is 36.9 Å². The SMILES string of the molecule is Cc1ccc(-c2ccc(CN)c(OC(F)(F)F)c2)s1.Cl. The largest absolute Gasteiger partial charge is 0.573 e. The number of nitrogens with two attached hydrogens (primary N) is 1. The van der Waals surface area contributed by atoms with Gasteiger partial charge in [-0.3, -0.25) is 0 Å². The lowest BCUT2D eigenvalue weighted by Gasteiger charge is -2.13. The van der Waals surface area contributed by atoms with E-state index in [2.05, 4.69) is 4.74 Å². The van der Waals surface area contributed by atoms with E-state index in [1.54, 1.807) is 12.1 Å². The summed E-state index contributed by atoms with van der Waals surface area (Å²) in [7, 11) is 0. The molecule has 2 aromatic rings. The minimum atomic E-state index is -4.71. The van der Waals surface area contributed by atoms with Crippen molar-refractivity contribution in [2.45, 2.75) is 19.8 Å². The molecule has 0 spiro atoms. The Morgan fingerprint density at radius 1 is 1.20 bits per heavy atom. The molecule has 2 rings (SSSR count). The molecule has 0 atom stereocenters. The van der Waals surface area contributed by atoms with Gasteiger partial charge in [0.05, 0.1) is 0 Å². The number of aryl methyl sites for hydroxylation is 1. The molecular formula is C13H13ClF3NOS. The van der Waals surface area contributed by atoms with Gasteiger partial charge in [0.15, 0.2) is 0 Å². The average molecular weight is 324 g/mol. The predicted molar refractivity (Wildman–Crippen MR) is 76.3 cm³/mol. The molecule has 0 amide bonds. The van der Waals surface area contributed by atoms with Gasteiger partial charge in [-0.25, -0.2) is 0 Å². The molecule has 0 unspecified atom stereocenters. The molecule has 0 radical (unpaired) electrons. The summed E-state index contributed by atoms with van der Waals surface area (Å²) >= 11 is 1.51. The van der Waals surface area contributed by atoms with E-state index in [1.165, 1.54) is 17.4 Å². The summed E-state index contributed by atoms with van der Waals surface area (Å²) in [4.78, 5) is 1.99. The summed E-state index contributed by atoms with van der Waals surface area (Å²) in [5.41, 5.74) is 6.44. The highest BCUT2D eigenvalue weighted by molar-refractivity contribution is 7.15. The highest BCUT2D eigenvalue weighted by atomic mass is 35.5. The van der Waals surface area contributed by atoms with Crippen LogP contribution >= 0.6 is 23.7 Å². The Bertz CT molecular complexity index is 583. The summed E-state index contributed by atoms with van der Waals surface area (Å²) in [6.07, 6.45) is -4.71. The van der Waals surface area contributed by atoms with Crippen molar-refractivity contribution in [2.75, 3.05) is 0 Å². The predicted octanol–water partition coefficient (Wildman–Crippen LogP) is 4.50. The molecule has 1 aromatic heterocycles. The third-order valence-corrected chi connectivity index (χ3v) is 3.59. The van der Waals surface area contributed by atoms with E-state index in [-0.39, 0.29) is 24.7 Å². The molecular weight excluding hydrogens is 311 g/mol. The molecule has 7 heteroatoms. The topological polar surface area (TPSA) is 35.2 Å². The van der Waals surface area contributed by atoms with E-state index in [0.717, 1.165) is 9.75 Å². The van der Waals surface area contributed by atoms with E-state index in [1.807, 2.05) is 19.1 Å². The highest BCUT2D eigenvalue weighted by Crippen LogP contribution is 2.34.